The van der Waals surface area contributed by atoms with Crippen LogP contribution in [0.25, 0.3) is 0 Å². The lowest BCUT2D eigenvalue weighted by Crippen LogP contribution is -2.22. The highest BCUT2D eigenvalue weighted by Gasteiger charge is 2.07. The van der Waals surface area contributed by atoms with Gasteiger partial charge in [0.05, 0.1) is 6.10 Å². The van der Waals surface area contributed by atoms with Gasteiger partial charge < -0.3 is 15.0 Å². The van der Waals surface area contributed by atoms with Crippen molar-refractivity contribution >= 4 is 5.95 Å². The van der Waals surface area contributed by atoms with Crippen molar-refractivity contribution < 1.29 is 5.11 Å². The minimum absolute atomic E-state index is 0.237. The standard InChI is InChI=1S/C9H17N3O/c1-7(6-8(2)13)11-9-10-4-5-12(9)3/h4-5,7-8,13H,6H2,1-3H3,(H,10,11). The Balaban J connectivity index is 2.45. The Morgan fingerprint density at radius 2 is 2.31 bits per heavy atom. The number of imidazole rings is 1. The fourth-order valence-corrected chi connectivity index (χ4v) is 1.30. The molecule has 0 bridgehead atoms. The van der Waals surface area contributed by atoms with E-state index in [0.29, 0.717) is 0 Å². The van der Waals surface area contributed by atoms with Gasteiger partial charge in [0.2, 0.25) is 5.95 Å². The first-order valence-electron chi connectivity index (χ1n) is 4.51. The highest BCUT2D eigenvalue weighted by molar-refractivity contribution is 5.26. The molecule has 13 heavy (non-hydrogen) atoms. The second kappa shape index (κ2) is 4.28. The van der Waals surface area contributed by atoms with Crippen LogP contribution in [0.3, 0.4) is 0 Å². The summed E-state index contributed by atoms with van der Waals surface area (Å²) in [6, 6.07) is 0.237. The topological polar surface area (TPSA) is 50.1 Å². The summed E-state index contributed by atoms with van der Waals surface area (Å²) in [6.45, 7) is 3.82. The molecule has 4 nitrogen and oxygen atoms in total. The number of aromatic nitrogens is 2. The zero-order chi connectivity index (χ0) is 9.84. The van der Waals surface area contributed by atoms with Crippen LogP contribution in [0.4, 0.5) is 5.95 Å². The van der Waals surface area contributed by atoms with Crippen LogP contribution in [0.1, 0.15) is 20.3 Å². The van der Waals surface area contributed by atoms with Crippen LogP contribution in [0, 0.1) is 0 Å². The van der Waals surface area contributed by atoms with Crippen molar-refractivity contribution in [3.63, 3.8) is 0 Å². The summed E-state index contributed by atoms with van der Waals surface area (Å²) in [4.78, 5) is 4.13. The fraction of sp³-hybridized carbons (Fsp3) is 0.667. The van der Waals surface area contributed by atoms with Gasteiger partial charge in [-0.2, -0.15) is 0 Å². The van der Waals surface area contributed by atoms with Crippen LogP contribution >= 0.6 is 0 Å². The minimum atomic E-state index is -0.275. The maximum atomic E-state index is 9.15. The van der Waals surface area contributed by atoms with E-state index in [4.69, 9.17) is 5.11 Å². The number of hydrogen-bond donors (Lipinski definition) is 2. The minimum Gasteiger partial charge on any atom is -0.393 e. The largest absolute Gasteiger partial charge is 0.393 e. The quantitative estimate of drug-likeness (QED) is 0.732. The lowest BCUT2D eigenvalue weighted by molar-refractivity contribution is 0.179. The number of rotatable bonds is 4. The van der Waals surface area contributed by atoms with E-state index in [1.807, 2.05) is 24.7 Å². The van der Waals surface area contributed by atoms with Gasteiger partial charge in [0, 0.05) is 25.5 Å². The maximum absolute atomic E-state index is 9.15. The zero-order valence-electron chi connectivity index (χ0n) is 8.36. The van der Waals surface area contributed by atoms with E-state index in [0.717, 1.165) is 12.4 Å². The number of nitrogens with one attached hydrogen (secondary N) is 1. The number of hydrogen-bond acceptors (Lipinski definition) is 3. The second-order valence-corrected chi connectivity index (χ2v) is 3.49. The third-order valence-electron chi connectivity index (χ3n) is 1.89. The van der Waals surface area contributed by atoms with Crippen molar-refractivity contribution in [3.8, 4) is 0 Å². The molecule has 1 aromatic rings. The molecule has 2 N–H and O–H groups in total. The van der Waals surface area contributed by atoms with Gasteiger partial charge in [0.1, 0.15) is 0 Å². The highest BCUT2D eigenvalue weighted by atomic mass is 16.3. The normalized spacial score (nSPS) is 15.4. The van der Waals surface area contributed by atoms with E-state index in [2.05, 4.69) is 10.3 Å². The third kappa shape index (κ3) is 3.06. The first-order valence-corrected chi connectivity index (χ1v) is 4.51. The molecule has 74 valence electrons. The van der Waals surface area contributed by atoms with Crippen LogP contribution in [-0.4, -0.2) is 26.8 Å². The molecule has 0 radical (unpaired) electrons. The van der Waals surface area contributed by atoms with Gasteiger partial charge in [-0.05, 0) is 20.3 Å². The SMILES string of the molecule is CC(O)CC(C)Nc1nccn1C. The van der Waals surface area contributed by atoms with Crippen molar-refractivity contribution in [1.29, 1.82) is 0 Å². The van der Waals surface area contributed by atoms with Gasteiger partial charge in [-0.1, -0.05) is 0 Å². The van der Waals surface area contributed by atoms with Crippen LogP contribution in [-0.2, 0) is 7.05 Å². The molecule has 0 aliphatic heterocycles. The molecule has 0 saturated carbocycles. The summed E-state index contributed by atoms with van der Waals surface area (Å²) in [5, 5.41) is 12.4. The van der Waals surface area contributed by atoms with Crippen molar-refractivity contribution in [2.75, 3.05) is 5.32 Å². The van der Waals surface area contributed by atoms with Gasteiger partial charge in [-0.15, -0.1) is 0 Å². The van der Waals surface area contributed by atoms with E-state index in [1.165, 1.54) is 0 Å². The van der Waals surface area contributed by atoms with E-state index >= 15 is 0 Å². The first-order chi connectivity index (χ1) is 6.09. The smallest absolute Gasteiger partial charge is 0.202 e. The summed E-state index contributed by atoms with van der Waals surface area (Å²) in [5.41, 5.74) is 0. The predicted molar refractivity (Wildman–Crippen MR) is 52.6 cm³/mol. The third-order valence-corrected chi connectivity index (χ3v) is 1.89. The number of aliphatic hydroxyl groups excluding tert-OH is 1. The molecule has 2 unspecified atom stereocenters. The summed E-state index contributed by atoms with van der Waals surface area (Å²) in [5.74, 6) is 0.841. The molecule has 1 rings (SSSR count). The lowest BCUT2D eigenvalue weighted by Gasteiger charge is -2.15. The average molecular weight is 183 g/mol. The molecule has 0 saturated heterocycles. The number of nitrogens with zero attached hydrogens (tertiary/aromatic N) is 2. The Bertz CT molecular complexity index is 257. The molecule has 0 aliphatic rings. The van der Waals surface area contributed by atoms with Crippen molar-refractivity contribution in [1.82, 2.24) is 9.55 Å². The number of aliphatic hydroxyl groups is 1. The van der Waals surface area contributed by atoms with Gasteiger partial charge in [0.15, 0.2) is 0 Å². The first kappa shape index (κ1) is 10.1. The Morgan fingerprint density at radius 1 is 1.62 bits per heavy atom. The average Bonchev–Trinajstić information content (AvgIpc) is 2.34. The fourth-order valence-electron chi connectivity index (χ4n) is 1.30. The van der Waals surface area contributed by atoms with Crippen LogP contribution in [0.2, 0.25) is 0 Å². The maximum Gasteiger partial charge on any atom is 0.202 e. The van der Waals surface area contributed by atoms with Crippen molar-refractivity contribution in [2.24, 2.45) is 7.05 Å². The summed E-state index contributed by atoms with van der Waals surface area (Å²) >= 11 is 0. The summed E-state index contributed by atoms with van der Waals surface area (Å²) < 4.78 is 1.92. The van der Waals surface area contributed by atoms with Gasteiger partial charge in [-0.3, -0.25) is 0 Å². The molecule has 2 atom stereocenters. The molecule has 0 spiro atoms. The lowest BCUT2D eigenvalue weighted by atomic mass is 10.2. The summed E-state index contributed by atoms with van der Waals surface area (Å²) in [6.07, 6.45) is 4.09. The van der Waals surface area contributed by atoms with Crippen molar-refractivity contribution in [3.05, 3.63) is 12.4 Å². The molecule has 1 heterocycles. The molecule has 4 heteroatoms. The van der Waals surface area contributed by atoms with Crippen LogP contribution in [0.5, 0.6) is 0 Å². The van der Waals surface area contributed by atoms with Gasteiger partial charge in [-0.25, -0.2) is 4.98 Å². The van der Waals surface area contributed by atoms with E-state index in [1.54, 1.807) is 13.1 Å². The molecule has 0 fully saturated rings. The van der Waals surface area contributed by atoms with Crippen LogP contribution < -0.4 is 5.32 Å². The molecule has 1 aromatic heterocycles. The van der Waals surface area contributed by atoms with Gasteiger partial charge >= 0.3 is 0 Å². The Hall–Kier alpha value is -1.03. The highest BCUT2D eigenvalue weighted by Crippen LogP contribution is 2.06. The zero-order valence-corrected chi connectivity index (χ0v) is 8.36. The van der Waals surface area contributed by atoms with Crippen LogP contribution in [0.15, 0.2) is 12.4 Å². The van der Waals surface area contributed by atoms with E-state index < -0.39 is 0 Å². The van der Waals surface area contributed by atoms with E-state index in [9.17, 15) is 0 Å². The molecule has 0 amide bonds. The summed E-state index contributed by atoms with van der Waals surface area (Å²) in [7, 11) is 1.93. The van der Waals surface area contributed by atoms with E-state index in [-0.39, 0.29) is 12.1 Å². The Kier molecular flexibility index (Phi) is 3.31. The number of aryl methyl sites for hydroxylation is 1. The number of anilines is 1. The van der Waals surface area contributed by atoms with Gasteiger partial charge in [0.25, 0.3) is 0 Å². The molecular formula is C9H17N3O. The molecule has 0 aliphatic carbocycles. The second-order valence-electron chi connectivity index (χ2n) is 3.49. The van der Waals surface area contributed by atoms with Crippen molar-refractivity contribution in [2.45, 2.75) is 32.4 Å². The monoisotopic (exact) mass is 183 g/mol. The molecular weight excluding hydrogens is 166 g/mol. The Labute approximate surface area is 78.6 Å². The predicted octanol–water partition coefficient (Wildman–Crippen LogP) is 0.991. The Morgan fingerprint density at radius 3 is 2.77 bits per heavy atom. The molecule has 0 aromatic carbocycles.